The molecule has 0 fully saturated rings. The molecule has 4 aromatic carbocycles. The third-order valence-electron chi connectivity index (χ3n) is 5.86. The number of hydrogen-bond donors (Lipinski definition) is 4. The van der Waals surface area contributed by atoms with Crippen molar-refractivity contribution in [3.63, 3.8) is 0 Å². The molecule has 4 N–H and O–H groups in total. The van der Waals surface area contributed by atoms with Crippen molar-refractivity contribution < 1.29 is 9.53 Å². The number of nitrogens with one attached hydrogen (secondary N) is 4. The van der Waals surface area contributed by atoms with Gasteiger partial charge in [-0.2, -0.15) is 0 Å². The molecule has 1 aromatic heterocycles. The molecule has 1 unspecified atom stereocenters. The second-order valence-electron chi connectivity index (χ2n) is 8.48. The predicted octanol–water partition coefficient (Wildman–Crippen LogP) is 7.46. The second-order valence-corrected chi connectivity index (χ2v) is 10.1. The summed E-state index contributed by atoms with van der Waals surface area (Å²) in [6.45, 7) is 0. The van der Waals surface area contributed by atoms with Crippen LogP contribution in [0, 0.1) is 0 Å². The number of carbonyl (C=O) groups excluding carboxylic acids is 1. The first-order chi connectivity index (χ1) is 18.6. The smallest absolute Gasteiger partial charge is 0.242 e. The van der Waals surface area contributed by atoms with Gasteiger partial charge in [0.25, 0.3) is 0 Å². The lowest BCUT2D eigenvalue weighted by Crippen LogP contribution is -2.20. The lowest BCUT2D eigenvalue weighted by Gasteiger charge is -2.18. The van der Waals surface area contributed by atoms with Gasteiger partial charge in [-0.1, -0.05) is 54.6 Å². The Morgan fingerprint density at radius 1 is 0.842 bits per heavy atom. The molecule has 6 nitrogen and oxygen atoms in total. The molecule has 5 aromatic rings. The molecule has 0 saturated heterocycles. The van der Waals surface area contributed by atoms with Crippen LogP contribution in [0.15, 0.2) is 114 Å². The molecule has 0 radical (unpaired) electrons. The Labute approximate surface area is 230 Å². The molecule has 1 atom stereocenters. The summed E-state index contributed by atoms with van der Waals surface area (Å²) in [5, 5.41) is 10.6. The van der Waals surface area contributed by atoms with E-state index in [0.29, 0.717) is 10.9 Å². The molecule has 0 aliphatic carbocycles. The van der Waals surface area contributed by atoms with E-state index in [2.05, 4.69) is 20.9 Å². The van der Waals surface area contributed by atoms with Gasteiger partial charge in [0.2, 0.25) is 5.91 Å². The van der Waals surface area contributed by atoms with Crippen LogP contribution < -0.4 is 20.7 Å². The van der Waals surface area contributed by atoms with Gasteiger partial charge in [-0.05, 0) is 71.7 Å². The van der Waals surface area contributed by atoms with Crippen LogP contribution in [0.1, 0.15) is 10.8 Å². The second kappa shape index (κ2) is 11.9. The van der Waals surface area contributed by atoms with Crippen LogP contribution in [0.3, 0.4) is 0 Å². The van der Waals surface area contributed by atoms with Crippen LogP contribution >= 0.6 is 24.0 Å². The number of H-pyrrole nitrogens is 1. The van der Waals surface area contributed by atoms with Crippen LogP contribution in [-0.4, -0.2) is 23.1 Å². The topological polar surface area (TPSA) is 78.2 Å². The molecule has 0 saturated carbocycles. The average molecular weight is 539 g/mol. The van der Waals surface area contributed by atoms with E-state index in [9.17, 15) is 4.79 Å². The average Bonchev–Trinajstić information content (AvgIpc) is 3.40. The summed E-state index contributed by atoms with van der Waals surface area (Å²) in [6, 6.07) is 33.1. The Bertz CT molecular complexity index is 1570. The maximum Gasteiger partial charge on any atom is 0.242 e. The van der Waals surface area contributed by atoms with Gasteiger partial charge >= 0.3 is 0 Å². The van der Waals surface area contributed by atoms with E-state index in [1.807, 2.05) is 109 Å². The Hall–Kier alpha value is -4.27. The Kier molecular flexibility index (Phi) is 7.92. The number of aromatic amines is 1. The Balaban J connectivity index is 1.32. The number of carbonyl (C=O) groups is 1. The fraction of sp³-hybridized carbons (Fsp3) is 0.0667. The van der Waals surface area contributed by atoms with Crippen LogP contribution in [0.25, 0.3) is 10.9 Å². The minimum atomic E-state index is -0.454. The third-order valence-corrected chi connectivity index (χ3v) is 7.32. The summed E-state index contributed by atoms with van der Waals surface area (Å²) >= 11 is 7.01. The standard InChI is InChI=1S/C30H26N4O2S2/c1-36-27-13-6-5-12-25(27)34-30(37)33-22-10-7-11-24(18-22)38-28(21-8-3-2-4-9-21)29(35)32-23-15-14-20-16-17-31-26(20)19-23/h2-19,28,31H,1H3,(H,32,35)(H2,33,34,37). The zero-order valence-corrected chi connectivity index (χ0v) is 22.2. The minimum Gasteiger partial charge on any atom is -0.495 e. The molecule has 0 bridgehead atoms. The minimum absolute atomic E-state index is 0.0983. The van der Waals surface area contributed by atoms with E-state index in [4.69, 9.17) is 17.0 Å². The first kappa shape index (κ1) is 25.4. The van der Waals surface area contributed by atoms with Crippen molar-refractivity contribution in [3.05, 3.63) is 115 Å². The van der Waals surface area contributed by atoms with Crippen molar-refractivity contribution in [2.45, 2.75) is 10.1 Å². The van der Waals surface area contributed by atoms with Crippen LogP contribution in [-0.2, 0) is 4.79 Å². The van der Waals surface area contributed by atoms with E-state index in [1.54, 1.807) is 7.11 Å². The molecular weight excluding hydrogens is 512 g/mol. The maximum atomic E-state index is 13.5. The van der Waals surface area contributed by atoms with Crippen molar-refractivity contribution in [3.8, 4) is 5.75 Å². The van der Waals surface area contributed by atoms with Crippen molar-refractivity contribution in [1.82, 2.24) is 4.98 Å². The molecule has 8 heteroatoms. The highest BCUT2D eigenvalue weighted by molar-refractivity contribution is 8.00. The van der Waals surface area contributed by atoms with Crippen molar-refractivity contribution in [2.24, 2.45) is 0 Å². The molecule has 0 spiro atoms. The Morgan fingerprint density at radius 3 is 2.47 bits per heavy atom. The van der Waals surface area contributed by atoms with E-state index in [0.717, 1.165) is 38.4 Å². The summed E-state index contributed by atoms with van der Waals surface area (Å²) in [5.41, 5.74) is 4.23. The van der Waals surface area contributed by atoms with Gasteiger partial charge < -0.3 is 25.7 Å². The van der Waals surface area contributed by atoms with Gasteiger partial charge in [0, 0.05) is 28.0 Å². The van der Waals surface area contributed by atoms with E-state index >= 15 is 0 Å². The van der Waals surface area contributed by atoms with Gasteiger partial charge in [0.1, 0.15) is 11.0 Å². The maximum absolute atomic E-state index is 13.5. The SMILES string of the molecule is COc1ccccc1NC(=S)Nc1cccc(SC(C(=O)Nc2ccc3cc[nH]c3c2)c2ccccc2)c1. The van der Waals surface area contributed by atoms with Crippen molar-refractivity contribution in [2.75, 3.05) is 23.1 Å². The number of rotatable bonds is 8. The van der Waals surface area contributed by atoms with Gasteiger partial charge in [-0.3, -0.25) is 4.79 Å². The van der Waals surface area contributed by atoms with E-state index < -0.39 is 5.25 Å². The van der Waals surface area contributed by atoms with Gasteiger partial charge in [-0.25, -0.2) is 0 Å². The molecule has 0 aliphatic rings. The zero-order chi connectivity index (χ0) is 26.3. The largest absolute Gasteiger partial charge is 0.495 e. The number of aromatic nitrogens is 1. The quantitative estimate of drug-likeness (QED) is 0.121. The van der Waals surface area contributed by atoms with Crippen molar-refractivity contribution in [1.29, 1.82) is 0 Å². The Morgan fingerprint density at radius 2 is 1.63 bits per heavy atom. The number of thiocarbonyl (C=S) groups is 1. The summed E-state index contributed by atoms with van der Waals surface area (Å²) in [5.74, 6) is 0.604. The van der Waals surface area contributed by atoms with E-state index in [1.165, 1.54) is 11.8 Å². The normalized spacial score (nSPS) is 11.5. The lowest BCUT2D eigenvalue weighted by atomic mass is 10.1. The lowest BCUT2D eigenvalue weighted by molar-refractivity contribution is -0.115. The molecule has 5 rings (SSSR count). The van der Waals surface area contributed by atoms with Gasteiger partial charge in [-0.15, -0.1) is 11.8 Å². The number of ether oxygens (including phenoxy) is 1. The number of para-hydroxylation sites is 2. The molecule has 38 heavy (non-hydrogen) atoms. The van der Waals surface area contributed by atoms with Crippen LogP contribution in [0.4, 0.5) is 17.1 Å². The fourth-order valence-electron chi connectivity index (χ4n) is 4.05. The first-order valence-electron chi connectivity index (χ1n) is 12.0. The fourth-order valence-corrected chi connectivity index (χ4v) is 5.36. The van der Waals surface area contributed by atoms with Gasteiger partial charge in [0.15, 0.2) is 5.11 Å². The van der Waals surface area contributed by atoms with E-state index in [-0.39, 0.29) is 5.91 Å². The molecular formula is C30H26N4O2S2. The number of hydrogen-bond acceptors (Lipinski definition) is 4. The number of amides is 1. The number of anilines is 3. The highest BCUT2D eigenvalue weighted by Gasteiger charge is 2.22. The molecule has 1 amide bonds. The summed E-state index contributed by atoms with van der Waals surface area (Å²) in [6.07, 6.45) is 1.89. The zero-order valence-electron chi connectivity index (χ0n) is 20.6. The van der Waals surface area contributed by atoms with Gasteiger partial charge in [0.05, 0.1) is 12.8 Å². The molecule has 190 valence electrons. The first-order valence-corrected chi connectivity index (χ1v) is 13.3. The molecule has 1 heterocycles. The van der Waals surface area contributed by atoms with Crippen LogP contribution in [0.2, 0.25) is 0 Å². The highest BCUT2D eigenvalue weighted by atomic mass is 32.2. The highest BCUT2D eigenvalue weighted by Crippen LogP contribution is 2.37. The van der Waals surface area contributed by atoms with Crippen LogP contribution in [0.5, 0.6) is 5.75 Å². The number of thioether (sulfide) groups is 1. The predicted molar refractivity (Wildman–Crippen MR) is 161 cm³/mol. The summed E-state index contributed by atoms with van der Waals surface area (Å²) in [7, 11) is 1.62. The summed E-state index contributed by atoms with van der Waals surface area (Å²) < 4.78 is 5.39. The monoisotopic (exact) mass is 538 g/mol. The third kappa shape index (κ3) is 6.16. The summed E-state index contributed by atoms with van der Waals surface area (Å²) in [4.78, 5) is 17.6. The number of methoxy groups -OCH3 is 1. The van der Waals surface area contributed by atoms with Crippen molar-refractivity contribution >= 4 is 63.0 Å². The molecule has 0 aliphatic heterocycles. The number of fused-ring (bicyclic) bond motifs is 1. The number of benzene rings is 4.